The van der Waals surface area contributed by atoms with Crippen LogP contribution in [0.15, 0.2) is 42.6 Å². The van der Waals surface area contributed by atoms with Crippen molar-refractivity contribution in [3.05, 3.63) is 58.4 Å². The van der Waals surface area contributed by atoms with Crippen molar-refractivity contribution in [3.8, 4) is 5.75 Å². The van der Waals surface area contributed by atoms with Crippen LogP contribution in [0, 0.1) is 10.1 Å². The second kappa shape index (κ2) is 5.81. The third-order valence-electron chi connectivity index (χ3n) is 2.58. The molecule has 0 atom stereocenters. The highest BCUT2D eigenvalue weighted by Gasteiger charge is 2.14. The minimum Gasteiger partial charge on any atom is -0.490 e. The quantitative estimate of drug-likeness (QED) is 0.659. The Bertz CT molecular complexity index is 573. The maximum Gasteiger partial charge on any atom is 0.311 e. The van der Waals surface area contributed by atoms with E-state index in [4.69, 9.17) is 4.74 Å². The molecule has 98 valence electrons. The van der Waals surface area contributed by atoms with Gasteiger partial charge in [0.05, 0.1) is 24.3 Å². The minimum atomic E-state index is -0.471. The number of pyridine rings is 1. The minimum absolute atomic E-state index is 0.0501. The van der Waals surface area contributed by atoms with Gasteiger partial charge >= 0.3 is 5.69 Å². The molecule has 1 N–H and O–H groups in total. The van der Waals surface area contributed by atoms with Gasteiger partial charge in [0.25, 0.3) is 0 Å². The number of nitro groups is 1. The van der Waals surface area contributed by atoms with Gasteiger partial charge in [0.1, 0.15) is 0 Å². The standard InChI is InChI=1S/C13H13N3O3/c1-19-13-8-10(5-6-12(13)16(17)18)15-9-11-4-2-3-7-14-11/h2-8,15H,9H2,1H3. The zero-order chi connectivity index (χ0) is 13.7. The first kappa shape index (κ1) is 12.8. The number of hydrogen-bond donors (Lipinski definition) is 1. The second-order valence-electron chi connectivity index (χ2n) is 3.82. The van der Waals surface area contributed by atoms with E-state index in [1.165, 1.54) is 13.2 Å². The van der Waals surface area contributed by atoms with Crippen LogP contribution in [-0.2, 0) is 6.54 Å². The maximum absolute atomic E-state index is 10.8. The third-order valence-corrected chi connectivity index (χ3v) is 2.58. The lowest BCUT2D eigenvalue weighted by molar-refractivity contribution is -0.385. The molecule has 6 nitrogen and oxygen atoms in total. The summed E-state index contributed by atoms with van der Waals surface area (Å²) in [5, 5.41) is 13.9. The van der Waals surface area contributed by atoms with E-state index in [2.05, 4.69) is 10.3 Å². The van der Waals surface area contributed by atoms with E-state index in [1.54, 1.807) is 18.3 Å². The number of anilines is 1. The molecule has 0 radical (unpaired) electrons. The molecular weight excluding hydrogens is 246 g/mol. The molecule has 0 spiro atoms. The van der Waals surface area contributed by atoms with Crippen molar-refractivity contribution in [1.29, 1.82) is 0 Å². The van der Waals surface area contributed by atoms with Gasteiger partial charge in [-0.25, -0.2) is 0 Å². The number of nitrogens with one attached hydrogen (secondary N) is 1. The molecule has 0 saturated heterocycles. The molecule has 0 amide bonds. The number of ether oxygens (including phenoxy) is 1. The molecule has 0 aliphatic heterocycles. The van der Waals surface area contributed by atoms with Crippen LogP contribution in [0.4, 0.5) is 11.4 Å². The van der Waals surface area contributed by atoms with E-state index in [0.717, 1.165) is 11.4 Å². The number of aromatic nitrogens is 1. The zero-order valence-electron chi connectivity index (χ0n) is 10.4. The molecule has 0 fully saturated rings. The normalized spacial score (nSPS) is 9.95. The molecule has 2 aromatic rings. The zero-order valence-corrected chi connectivity index (χ0v) is 10.4. The summed E-state index contributed by atoms with van der Waals surface area (Å²) in [6.45, 7) is 0.543. The number of benzene rings is 1. The SMILES string of the molecule is COc1cc(NCc2ccccn2)ccc1[N+](=O)[O-]. The van der Waals surface area contributed by atoms with Gasteiger partial charge in [-0.2, -0.15) is 0 Å². The molecule has 1 aromatic carbocycles. The van der Waals surface area contributed by atoms with Crippen molar-refractivity contribution in [2.75, 3.05) is 12.4 Å². The van der Waals surface area contributed by atoms with Gasteiger partial charge in [0, 0.05) is 24.0 Å². The Labute approximate surface area is 110 Å². The summed E-state index contributed by atoms with van der Waals surface area (Å²) in [6.07, 6.45) is 1.72. The van der Waals surface area contributed by atoms with Crippen LogP contribution in [0.5, 0.6) is 5.75 Å². The first-order valence-electron chi connectivity index (χ1n) is 5.67. The Morgan fingerprint density at radius 3 is 2.84 bits per heavy atom. The fourth-order valence-corrected chi connectivity index (χ4v) is 1.63. The summed E-state index contributed by atoms with van der Waals surface area (Å²) in [7, 11) is 1.41. The van der Waals surface area contributed by atoms with Crippen LogP contribution >= 0.6 is 0 Å². The number of rotatable bonds is 5. The molecule has 0 unspecified atom stereocenters. The lowest BCUT2D eigenvalue weighted by Crippen LogP contribution is -2.02. The van der Waals surface area contributed by atoms with Crippen LogP contribution in [0.25, 0.3) is 0 Å². The summed E-state index contributed by atoms with van der Waals surface area (Å²) in [4.78, 5) is 14.5. The van der Waals surface area contributed by atoms with Crippen LogP contribution in [-0.4, -0.2) is 17.0 Å². The molecule has 2 rings (SSSR count). The van der Waals surface area contributed by atoms with E-state index in [9.17, 15) is 10.1 Å². The summed E-state index contributed by atoms with van der Waals surface area (Å²) in [5.74, 6) is 0.232. The highest BCUT2D eigenvalue weighted by molar-refractivity contribution is 5.57. The maximum atomic E-state index is 10.8. The van der Waals surface area contributed by atoms with Gasteiger partial charge in [0.15, 0.2) is 5.75 Å². The number of methoxy groups -OCH3 is 1. The monoisotopic (exact) mass is 259 g/mol. The highest BCUT2D eigenvalue weighted by Crippen LogP contribution is 2.29. The Morgan fingerprint density at radius 1 is 1.37 bits per heavy atom. The molecule has 6 heteroatoms. The third kappa shape index (κ3) is 3.19. The van der Waals surface area contributed by atoms with Crippen molar-refractivity contribution in [3.63, 3.8) is 0 Å². The van der Waals surface area contributed by atoms with Gasteiger partial charge in [-0.15, -0.1) is 0 Å². The smallest absolute Gasteiger partial charge is 0.311 e. The lowest BCUT2D eigenvalue weighted by atomic mass is 10.2. The largest absolute Gasteiger partial charge is 0.490 e. The molecule has 0 aliphatic rings. The number of hydrogen-bond acceptors (Lipinski definition) is 5. The van der Waals surface area contributed by atoms with Crippen molar-refractivity contribution in [2.24, 2.45) is 0 Å². The van der Waals surface area contributed by atoms with Gasteiger partial charge in [-0.05, 0) is 18.2 Å². The van der Waals surface area contributed by atoms with Crippen molar-refractivity contribution >= 4 is 11.4 Å². The van der Waals surface area contributed by atoms with E-state index in [-0.39, 0.29) is 11.4 Å². The van der Waals surface area contributed by atoms with Gasteiger partial charge < -0.3 is 10.1 Å². The molecule has 19 heavy (non-hydrogen) atoms. The Balaban J connectivity index is 2.11. The molecule has 0 saturated carbocycles. The van der Waals surface area contributed by atoms with Crippen molar-refractivity contribution in [2.45, 2.75) is 6.54 Å². The average Bonchev–Trinajstić information content (AvgIpc) is 2.45. The first-order chi connectivity index (χ1) is 9.20. The summed E-state index contributed by atoms with van der Waals surface area (Å²) < 4.78 is 5.00. The Morgan fingerprint density at radius 2 is 2.21 bits per heavy atom. The van der Waals surface area contributed by atoms with Gasteiger partial charge in [-0.1, -0.05) is 6.07 Å². The molecule has 1 heterocycles. The van der Waals surface area contributed by atoms with Gasteiger partial charge in [-0.3, -0.25) is 15.1 Å². The van der Waals surface area contributed by atoms with Crippen molar-refractivity contribution < 1.29 is 9.66 Å². The number of nitro benzene ring substituents is 1. The second-order valence-corrected chi connectivity index (χ2v) is 3.82. The summed E-state index contributed by atoms with van der Waals surface area (Å²) in [5.41, 5.74) is 1.58. The Kier molecular flexibility index (Phi) is 3.92. The van der Waals surface area contributed by atoms with Crippen molar-refractivity contribution in [1.82, 2.24) is 4.98 Å². The predicted molar refractivity (Wildman–Crippen MR) is 71.2 cm³/mol. The molecule has 1 aromatic heterocycles. The van der Waals surface area contributed by atoms with E-state index in [1.807, 2.05) is 18.2 Å². The van der Waals surface area contributed by atoms with Crippen LogP contribution in [0.2, 0.25) is 0 Å². The Hall–Kier alpha value is -2.63. The lowest BCUT2D eigenvalue weighted by Gasteiger charge is -2.08. The number of nitrogens with zero attached hydrogens (tertiary/aromatic N) is 2. The highest BCUT2D eigenvalue weighted by atomic mass is 16.6. The summed E-state index contributed by atoms with van der Waals surface area (Å²) >= 11 is 0. The molecular formula is C13H13N3O3. The van der Waals surface area contributed by atoms with Crippen LogP contribution in [0.1, 0.15) is 5.69 Å². The van der Waals surface area contributed by atoms with E-state index in [0.29, 0.717) is 6.54 Å². The average molecular weight is 259 g/mol. The van der Waals surface area contributed by atoms with E-state index >= 15 is 0 Å². The first-order valence-corrected chi connectivity index (χ1v) is 5.67. The fourth-order valence-electron chi connectivity index (χ4n) is 1.63. The topological polar surface area (TPSA) is 77.3 Å². The predicted octanol–water partition coefficient (Wildman–Crippen LogP) is 2.61. The van der Waals surface area contributed by atoms with Crippen LogP contribution in [0.3, 0.4) is 0 Å². The van der Waals surface area contributed by atoms with E-state index < -0.39 is 4.92 Å². The van der Waals surface area contributed by atoms with Gasteiger partial charge in [0.2, 0.25) is 0 Å². The fraction of sp³-hybridized carbons (Fsp3) is 0.154. The molecule has 0 aliphatic carbocycles. The van der Waals surface area contributed by atoms with Crippen LogP contribution < -0.4 is 10.1 Å². The summed E-state index contributed by atoms with van der Waals surface area (Å²) in [6, 6.07) is 10.3. The molecule has 0 bridgehead atoms.